The van der Waals surface area contributed by atoms with Crippen molar-refractivity contribution >= 4 is 17.8 Å². The number of piperazine rings is 1. The molecule has 1 aromatic rings. The third-order valence-corrected chi connectivity index (χ3v) is 4.24. The SMILES string of the molecule is C[C@@H]1CNCCN1C(=O)c1ccc(CN2C(=O)CNC2=O)cc1. The number of imide groups is 1. The van der Waals surface area contributed by atoms with Crippen molar-refractivity contribution in [1.82, 2.24) is 20.4 Å². The summed E-state index contributed by atoms with van der Waals surface area (Å²) >= 11 is 0. The summed E-state index contributed by atoms with van der Waals surface area (Å²) in [7, 11) is 0. The topological polar surface area (TPSA) is 81.8 Å². The van der Waals surface area contributed by atoms with E-state index in [-0.39, 0.29) is 37.0 Å². The molecule has 7 heteroatoms. The van der Waals surface area contributed by atoms with Gasteiger partial charge in [0.1, 0.15) is 0 Å². The van der Waals surface area contributed by atoms with Crippen molar-refractivity contribution in [3.63, 3.8) is 0 Å². The van der Waals surface area contributed by atoms with Gasteiger partial charge >= 0.3 is 6.03 Å². The lowest BCUT2D eigenvalue weighted by atomic mass is 10.1. The fourth-order valence-corrected chi connectivity index (χ4v) is 2.86. The van der Waals surface area contributed by atoms with Gasteiger partial charge in [-0.15, -0.1) is 0 Å². The van der Waals surface area contributed by atoms with Crippen LogP contribution < -0.4 is 10.6 Å². The van der Waals surface area contributed by atoms with Crippen LogP contribution >= 0.6 is 0 Å². The lowest BCUT2D eigenvalue weighted by molar-refractivity contribution is -0.125. The number of urea groups is 1. The smallest absolute Gasteiger partial charge is 0.324 e. The minimum absolute atomic E-state index is 0.0144. The monoisotopic (exact) mass is 316 g/mol. The van der Waals surface area contributed by atoms with Crippen molar-refractivity contribution in [2.45, 2.75) is 19.5 Å². The minimum atomic E-state index is -0.371. The van der Waals surface area contributed by atoms with Crippen LogP contribution in [0.25, 0.3) is 0 Å². The van der Waals surface area contributed by atoms with Crippen LogP contribution in [-0.2, 0) is 11.3 Å². The normalized spacial score (nSPS) is 21.5. The summed E-state index contributed by atoms with van der Waals surface area (Å²) in [4.78, 5) is 38.7. The van der Waals surface area contributed by atoms with Gasteiger partial charge in [0.15, 0.2) is 0 Å². The van der Waals surface area contributed by atoms with Crippen LogP contribution in [0.4, 0.5) is 4.79 Å². The second-order valence-electron chi connectivity index (χ2n) is 5.89. The van der Waals surface area contributed by atoms with Gasteiger partial charge < -0.3 is 15.5 Å². The average Bonchev–Trinajstić information content (AvgIpc) is 2.87. The van der Waals surface area contributed by atoms with Gasteiger partial charge in [-0.3, -0.25) is 14.5 Å². The molecule has 0 bridgehead atoms. The largest absolute Gasteiger partial charge is 0.333 e. The van der Waals surface area contributed by atoms with Crippen LogP contribution in [0.2, 0.25) is 0 Å². The van der Waals surface area contributed by atoms with E-state index < -0.39 is 0 Å². The molecule has 1 atom stereocenters. The van der Waals surface area contributed by atoms with Gasteiger partial charge in [-0.05, 0) is 24.6 Å². The van der Waals surface area contributed by atoms with E-state index in [2.05, 4.69) is 10.6 Å². The summed E-state index contributed by atoms with van der Waals surface area (Å²) in [5, 5.41) is 5.75. The van der Waals surface area contributed by atoms with Crippen molar-refractivity contribution in [3.8, 4) is 0 Å². The number of carbonyl (C=O) groups excluding carboxylic acids is 3. The molecular formula is C16H20N4O3. The van der Waals surface area contributed by atoms with Crippen molar-refractivity contribution in [2.75, 3.05) is 26.2 Å². The van der Waals surface area contributed by atoms with Gasteiger partial charge in [0.05, 0.1) is 13.1 Å². The zero-order chi connectivity index (χ0) is 16.4. The molecule has 2 aliphatic heterocycles. The number of benzene rings is 1. The summed E-state index contributed by atoms with van der Waals surface area (Å²) in [5.41, 5.74) is 1.44. The van der Waals surface area contributed by atoms with Crippen LogP contribution in [0.1, 0.15) is 22.8 Å². The first-order chi connectivity index (χ1) is 11.1. The molecule has 0 aliphatic carbocycles. The second kappa shape index (κ2) is 6.37. The zero-order valence-electron chi connectivity index (χ0n) is 13.0. The van der Waals surface area contributed by atoms with E-state index in [0.29, 0.717) is 12.1 Å². The highest BCUT2D eigenvalue weighted by molar-refractivity contribution is 6.01. The molecule has 2 aliphatic rings. The number of hydrogen-bond donors (Lipinski definition) is 2. The van der Waals surface area contributed by atoms with E-state index in [1.807, 2.05) is 11.8 Å². The Labute approximate surface area is 134 Å². The van der Waals surface area contributed by atoms with Crippen LogP contribution in [0, 0.1) is 0 Å². The standard InChI is InChI=1S/C16H20N4O3/c1-11-8-17-6-7-19(11)15(22)13-4-2-12(3-5-13)10-20-14(21)9-18-16(20)23/h2-5,11,17H,6-10H2,1H3,(H,18,23)/t11-/m1/s1. The van der Waals surface area contributed by atoms with Crippen molar-refractivity contribution in [3.05, 3.63) is 35.4 Å². The maximum Gasteiger partial charge on any atom is 0.324 e. The minimum Gasteiger partial charge on any atom is -0.333 e. The van der Waals surface area contributed by atoms with Crippen molar-refractivity contribution in [1.29, 1.82) is 0 Å². The Kier molecular flexibility index (Phi) is 4.29. The molecule has 1 aromatic carbocycles. The molecule has 23 heavy (non-hydrogen) atoms. The van der Waals surface area contributed by atoms with Crippen LogP contribution in [-0.4, -0.2) is 59.9 Å². The summed E-state index contributed by atoms with van der Waals surface area (Å²) < 4.78 is 0. The first-order valence-electron chi connectivity index (χ1n) is 7.75. The number of nitrogens with one attached hydrogen (secondary N) is 2. The molecule has 0 radical (unpaired) electrons. The van der Waals surface area contributed by atoms with E-state index in [1.165, 1.54) is 4.90 Å². The zero-order valence-corrected chi connectivity index (χ0v) is 13.0. The molecule has 0 spiro atoms. The van der Waals surface area contributed by atoms with E-state index in [0.717, 1.165) is 18.7 Å². The molecule has 0 saturated carbocycles. The van der Waals surface area contributed by atoms with E-state index >= 15 is 0 Å². The molecule has 4 amide bonds. The Morgan fingerprint density at radius 2 is 2.00 bits per heavy atom. The van der Waals surface area contributed by atoms with Gasteiger partial charge in [-0.1, -0.05) is 12.1 Å². The second-order valence-corrected chi connectivity index (χ2v) is 5.89. The quantitative estimate of drug-likeness (QED) is 0.779. The third-order valence-electron chi connectivity index (χ3n) is 4.24. The summed E-state index contributed by atoms with van der Waals surface area (Å²) in [6.45, 7) is 4.61. The predicted molar refractivity (Wildman–Crippen MR) is 83.8 cm³/mol. The van der Waals surface area contributed by atoms with Crippen LogP contribution in [0.5, 0.6) is 0 Å². The van der Waals surface area contributed by atoms with Gasteiger partial charge in [-0.25, -0.2) is 4.79 Å². The lowest BCUT2D eigenvalue weighted by Crippen LogP contribution is -2.52. The Balaban J connectivity index is 1.68. The Hall–Kier alpha value is -2.41. The molecule has 2 saturated heterocycles. The molecule has 3 rings (SSSR count). The Morgan fingerprint density at radius 3 is 2.61 bits per heavy atom. The maximum atomic E-state index is 12.5. The summed E-state index contributed by atoms with van der Waals surface area (Å²) in [6, 6.07) is 6.89. The van der Waals surface area contributed by atoms with E-state index in [9.17, 15) is 14.4 Å². The van der Waals surface area contributed by atoms with Gasteiger partial charge in [0.25, 0.3) is 5.91 Å². The molecular weight excluding hydrogens is 296 g/mol. The summed E-state index contributed by atoms with van der Waals surface area (Å²) in [5.74, 6) is -0.217. The number of hydrogen-bond acceptors (Lipinski definition) is 4. The van der Waals surface area contributed by atoms with Crippen molar-refractivity contribution < 1.29 is 14.4 Å². The molecule has 2 heterocycles. The lowest BCUT2D eigenvalue weighted by Gasteiger charge is -2.34. The van der Waals surface area contributed by atoms with Crippen LogP contribution in [0.3, 0.4) is 0 Å². The molecule has 0 aromatic heterocycles. The van der Waals surface area contributed by atoms with Crippen LogP contribution in [0.15, 0.2) is 24.3 Å². The predicted octanol–water partition coefficient (Wildman–Crippen LogP) is 0.172. The molecule has 2 N–H and O–H groups in total. The first-order valence-corrected chi connectivity index (χ1v) is 7.75. The number of carbonyl (C=O) groups is 3. The molecule has 122 valence electrons. The van der Waals surface area contributed by atoms with E-state index in [4.69, 9.17) is 0 Å². The fraction of sp³-hybridized carbons (Fsp3) is 0.438. The number of amides is 4. The first kappa shape index (κ1) is 15.5. The van der Waals surface area contributed by atoms with Gasteiger partial charge in [-0.2, -0.15) is 0 Å². The van der Waals surface area contributed by atoms with Gasteiger partial charge in [0, 0.05) is 31.2 Å². The highest BCUT2D eigenvalue weighted by Crippen LogP contribution is 2.14. The Bertz CT molecular complexity index is 613. The third kappa shape index (κ3) is 3.19. The number of rotatable bonds is 3. The fourth-order valence-electron chi connectivity index (χ4n) is 2.86. The average molecular weight is 316 g/mol. The number of nitrogens with zero attached hydrogens (tertiary/aromatic N) is 2. The maximum absolute atomic E-state index is 12.5. The highest BCUT2D eigenvalue weighted by atomic mass is 16.2. The molecule has 0 unspecified atom stereocenters. The molecule has 7 nitrogen and oxygen atoms in total. The van der Waals surface area contributed by atoms with E-state index in [1.54, 1.807) is 24.3 Å². The highest BCUT2D eigenvalue weighted by Gasteiger charge is 2.28. The van der Waals surface area contributed by atoms with Gasteiger partial charge in [0.2, 0.25) is 5.91 Å². The Morgan fingerprint density at radius 1 is 1.26 bits per heavy atom. The molecule has 2 fully saturated rings. The summed E-state index contributed by atoms with van der Waals surface area (Å²) in [6.07, 6.45) is 0. The van der Waals surface area contributed by atoms with Crippen molar-refractivity contribution in [2.24, 2.45) is 0 Å².